The van der Waals surface area contributed by atoms with E-state index in [2.05, 4.69) is 4.90 Å². The van der Waals surface area contributed by atoms with Gasteiger partial charge >= 0.3 is 0 Å². The summed E-state index contributed by atoms with van der Waals surface area (Å²) in [5, 5.41) is 12.2. The van der Waals surface area contributed by atoms with Crippen LogP contribution in [0, 0.1) is 0 Å². The molecule has 0 aliphatic carbocycles. The Labute approximate surface area is 174 Å². The van der Waals surface area contributed by atoms with Crippen LogP contribution in [0.3, 0.4) is 0 Å². The first-order valence-corrected chi connectivity index (χ1v) is 10.1. The third-order valence-corrected chi connectivity index (χ3v) is 5.84. The molecule has 2 aliphatic rings. The molecule has 6 heteroatoms. The Kier molecular flexibility index (Phi) is 4.83. The number of aliphatic hydroxyl groups excluding tert-OH is 1. The van der Waals surface area contributed by atoms with Crippen molar-refractivity contribution in [3.05, 3.63) is 77.4 Å². The van der Waals surface area contributed by atoms with Crippen molar-refractivity contribution < 1.29 is 19.4 Å². The van der Waals surface area contributed by atoms with Gasteiger partial charge in [-0.3, -0.25) is 14.5 Å². The molecular formula is C24H22N2O4. The van der Waals surface area contributed by atoms with E-state index in [1.165, 1.54) is 4.90 Å². The second kappa shape index (κ2) is 7.65. The van der Waals surface area contributed by atoms with Gasteiger partial charge in [-0.1, -0.05) is 36.4 Å². The van der Waals surface area contributed by atoms with E-state index in [0.29, 0.717) is 42.0 Å². The Morgan fingerprint density at radius 1 is 0.867 bits per heavy atom. The predicted molar refractivity (Wildman–Crippen MR) is 114 cm³/mol. The van der Waals surface area contributed by atoms with Crippen LogP contribution in [-0.2, 0) is 4.74 Å². The van der Waals surface area contributed by atoms with E-state index >= 15 is 0 Å². The van der Waals surface area contributed by atoms with Crippen molar-refractivity contribution in [3.8, 4) is 0 Å². The number of nitrogens with zero attached hydrogens (tertiary/aromatic N) is 2. The lowest BCUT2D eigenvalue weighted by atomic mass is 9.93. The van der Waals surface area contributed by atoms with E-state index in [-0.39, 0.29) is 11.8 Å². The Morgan fingerprint density at radius 3 is 2.07 bits per heavy atom. The summed E-state index contributed by atoms with van der Waals surface area (Å²) in [5.41, 5.74) is 2.31. The number of rotatable bonds is 4. The summed E-state index contributed by atoms with van der Waals surface area (Å²) in [5.74, 6) is -0.656. The van der Waals surface area contributed by atoms with Crippen molar-refractivity contribution in [2.75, 3.05) is 37.7 Å². The van der Waals surface area contributed by atoms with E-state index < -0.39 is 6.10 Å². The third kappa shape index (κ3) is 3.19. The maximum Gasteiger partial charge on any atom is 0.265 e. The number of amides is 2. The molecule has 1 atom stereocenters. The van der Waals surface area contributed by atoms with Crippen LogP contribution >= 0.6 is 0 Å². The highest BCUT2D eigenvalue weighted by Crippen LogP contribution is 2.33. The summed E-state index contributed by atoms with van der Waals surface area (Å²) in [6.45, 7) is 3.49. The fourth-order valence-corrected chi connectivity index (χ4v) is 4.24. The summed E-state index contributed by atoms with van der Waals surface area (Å²) in [6.07, 6.45) is -0.639. The second-order valence-corrected chi connectivity index (χ2v) is 7.68. The maximum absolute atomic E-state index is 13.1. The van der Waals surface area contributed by atoms with Crippen LogP contribution in [-0.4, -0.2) is 54.7 Å². The monoisotopic (exact) mass is 402 g/mol. The summed E-state index contributed by atoms with van der Waals surface area (Å²) in [4.78, 5) is 29.6. The smallest absolute Gasteiger partial charge is 0.265 e. The molecule has 3 aromatic carbocycles. The fraction of sp³-hybridized carbons (Fsp3) is 0.250. The number of morpholine rings is 1. The first-order valence-electron chi connectivity index (χ1n) is 10.1. The zero-order valence-corrected chi connectivity index (χ0v) is 16.5. The van der Waals surface area contributed by atoms with Crippen molar-refractivity contribution in [2.45, 2.75) is 6.10 Å². The number of imide groups is 1. The normalized spacial score (nSPS) is 18.1. The van der Waals surface area contributed by atoms with E-state index in [9.17, 15) is 14.7 Å². The molecule has 2 heterocycles. The Balaban J connectivity index is 1.42. The van der Waals surface area contributed by atoms with Crippen LogP contribution in [0.1, 0.15) is 32.4 Å². The summed E-state index contributed by atoms with van der Waals surface area (Å²) in [7, 11) is 0. The molecule has 1 saturated heterocycles. The van der Waals surface area contributed by atoms with Crippen LogP contribution in [0.4, 0.5) is 5.69 Å². The Hall–Kier alpha value is -3.06. The molecule has 152 valence electrons. The number of hydrogen-bond acceptors (Lipinski definition) is 5. The van der Waals surface area contributed by atoms with Gasteiger partial charge < -0.3 is 9.84 Å². The number of hydrogen-bond donors (Lipinski definition) is 1. The lowest BCUT2D eigenvalue weighted by molar-refractivity contribution is 0.0143. The van der Waals surface area contributed by atoms with E-state index in [0.717, 1.165) is 24.0 Å². The van der Waals surface area contributed by atoms with Crippen molar-refractivity contribution in [1.29, 1.82) is 0 Å². The van der Waals surface area contributed by atoms with Gasteiger partial charge in [-0.25, -0.2) is 4.90 Å². The van der Waals surface area contributed by atoms with Gasteiger partial charge in [-0.2, -0.15) is 0 Å². The van der Waals surface area contributed by atoms with Gasteiger partial charge in [-0.05, 0) is 35.2 Å². The number of aliphatic hydroxyl groups is 1. The second-order valence-electron chi connectivity index (χ2n) is 7.68. The standard InChI is InChI=1S/C24H22N2O4/c27-21(15-25-11-13-30-14-12-25)16-7-9-18(10-8-16)26-23(28)19-5-1-3-17-4-2-6-20(22(17)19)24(26)29/h1-10,21,27H,11-15H2/t21-/m1/s1. The highest BCUT2D eigenvalue weighted by atomic mass is 16.5. The van der Waals surface area contributed by atoms with Gasteiger partial charge in [0.1, 0.15) is 0 Å². The Morgan fingerprint density at radius 2 is 1.47 bits per heavy atom. The van der Waals surface area contributed by atoms with Crippen molar-refractivity contribution >= 4 is 28.3 Å². The van der Waals surface area contributed by atoms with Crippen LogP contribution < -0.4 is 4.90 Å². The van der Waals surface area contributed by atoms with E-state index in [1.54, 1.807) is 36.4 Å². The summed E-state index contributed by atoms with van der Waals surface area (Å²) >= 11 is 0. The predicted octanol–water partition coefficient (Wildman–Crippen LogP) is 3.01. The molecule has 2 amide bonds. The molecule has 6 nitrogen and oxygen atoms in total. The highest BCUT2D eigenvalue weighted by molar-refractivity contribution is 6.35. The molecule has 3 aromatic rings. The van der Waals surface area contributed by atoms with Crippen molar-refractivity contribution in [3.63, 3.8) is 0 Å². The molecular weight excluding hydrogens is 380 g/mol. The molecule has 1 N–H and O–H groups in total. The van der Waals surface area contributed by atoms with Gasteiger partial charge in [0.25, 0.3) is 11.8 Å². The van der Waals surface area contributed by atoms with Crippen LogP contribution in [0.2, 0.25) is 0 Å². The number of anilines is 1. The van der Waals surface area contributed by atoms with E-state index in [4.69, 9.17) is 4.74 Å². The lowest BCUT2D eigenvalue weighted by Gasteiger charge is -2.29. The molecule has 5 rings (SSSR count). The average molecular weight is 402 g/mol. The van der Waals surface area contributed by atoms with Crippen LogP contribution in [0.15, 0.2) is 60.7 Å². The minimum absolute atomic E-state index is 0.328. The average Bonchev–Trinajstić information content (AvgIpc) is 2.78. The number of β-amino-alcohol motifs (C(OH)–C–C–N with tert-alkyl or cyclic N) is 1. The molecule has 1 fully saturated rings. The van der Waals surface area contributed by atoms with Gasteiger partial charge in [0, 0.05) is 36.1 Å². The fourth-order valence-electron chi connectivity index (χ4n) is 4.24. The van der Waals surface area contributed by atoms with E-state index in [1.807, 2.05) is 24.3 Å². The molecule has 0 spiro atoms. The summed E-state index contributed by atoms with van der Waals surface area (Å²) in [6, 6.07) is 18.0. The molecule has 0 saturated carbocycles. The molecule has 30 heavy (non-hydrogen) atoms. The van der Waals surface area contributed by atoms with Gasteiger partial charge in [0.05, 0.1) is 25.0 Å². The number of ether oxygens (including phenoxy) is 1. The van der Waals surface area contributed by atoms with Gasteiger partial charge in [0.2, 0.25) is 0 Å². The van der Waals surface area contributed by atoms with Crippen LogP contribution in [0.5, 0.6) is 0 Å². The SMILES string of the molecule is O=C1c2cccc3cccc(c23)C(=O)N1c1ccc([C@H](O)CN2CCOCC2)cc1. The topological polar surface area (TPSA) is 70.1 Å². The lowest BCUT2D eigenvalue weighted by Crippen LogP contribution is -2.40. The molecule has 0 aromatic heterocycles. The molecule has 0 unspecified atom stereocenters. The maximum atomic E-state index is 13.1. The first-order chi connectivity index (χ1) is 14.6. The highest BCUT2D eigenvalue weighted by Gasteiger charge is 2.33. The number of carbonyl (C=O) groups is 2. The zero-order valence-electron chi connectivity index (χ0n) is 16.5. The van der Waals surface area contributed by atoms with Crippen LogP contribution in [0.25, 0.3) is 10.8 Å². The van der Waals surface area contributed by atoms with Gasteiger partial charge in [-0.15, -0.1) is 0 Å². The quantitative estimate of drug-likeness (QED) is 0.680. The molecule has 0 bridgehead atoms. The third-order valence-electron chi connectivity index (χ3n) is 5.84. The molecule has 2 aliphatic heterocycles. The minimum atomic E-state index is -0.639. The first kappa shape index (κ1) is 18.9. The zero-order chi connectivity index (χ0) is 20.7. The number of carbonyl (C=O) groups excluding carboxylic acids is 2. The minimum Gasteiger partial charge on any atom is -0.387 e. The number of benzene rings is 3. The summed E-state index contributed by atoms with van der Waals surface area (Å²) < 4.78 is 5.34. The van der Waals surface area contributed by atoms with Crippen molar-refractivity contribution in [1.82, 2.24) is 4.90 Å². The van der Waals surface area contributed by atoms with Crippen molar-refractivity contribution in [2.24, 2.45) is 0 Å². The Bertz CT molecular complexity index is 1070. The van der Waals surface area contributed by atoms with Gasteiger partial charge in [0.15, 0.2) is 0 Å². The largest absolute Gasteiger partial charge is 0.387 e. The molecule has 0 radical (unpaired) electrons.